The SMILES string of the molecule is Cn1nc(CC(NN)c2ncccc2Cl)c2ccccc21. The van der Waals surface area contributed by atoms with E-state index >= 15 is 0 Å². The molecule has 1 unspecified atom stereocenters. The number of hydrazine groups is 1. The maximum absolute atomic E-state index is 6.20. The largest absolute Gasteiger partial charge is 0.271 e. The summed E-state index contributed by atoms with van der Waals surface area (Å²) in [5.74, 6) is 5.69. The Bertz CT molecular complexity index is 768. The number of nitrogens with one attached hydrogen (secondary N) is 1. The van der Waals surface area contributed by atoms with Gasteiger partial charge in [0.15, 0.2) is 0 Å². The number of fused-ring (bicyclic) bond motifs is 1. The first-order valence-corrected chi connectivity index (χ1v) is 7.05. The smallest absolute Gasteiger partial charge is 0.0776 e. The first kappa shape index (κ1) is 14.0. The number of nitrogens with two attached hydrogens (primary N) is 1. The van der Waals surface area contributed by atoms with Crippen LogP contribution in [0.5, 0.6) is 0 Å². The second-order valence-electron chi connectivity index (χ2n) is 4.88. The Hall–Kier alpha value is -1.95. The van der Waals surface area contributed by atoms with E-state index in [-0.39, 0.29) is 6.04 Å². The molecule has 5 nitrogen and oxygen atoms in total. The standard InChI is InChI=1S/C15H16ClN5/c1-21-14-7-3-2-5-10(14)12(20-21)9-13(19-17)15-11(16)6-4-8-18-15/h2-8,13,19H,9,17H2,1H3. The summed E-state index contributed by atoms with van der Waals surface area (Å²) in [6.45, 7) is 0. The fraction of sp³-hybridized carbons (Fsp3) is 0.200. The van der Waals surface area contributed by atoms with Gasteiger partial charge in [0.05, 0.1) is 28.0 Å². The highest BCUT2D eigenvalue weighted by atomic mass is 35.5. The molecular formula is C15H16ClN5. The lowest BCUT2D eigenvalue weighted by Gasteiger charge is -2.15. The number of rotatable bonds is 4. The molecule has 0 spiro atoms. The van der Waals surface area contributed by atoms with Gasteiger partial charge in [-0.25, -0.2) is 0 Å². The van der Waals surface area contributed by atoms with Crippen molar-refractivity contribution in [3.8, 4) is 0 Å². The van der Waals surface area contributed by atoms with Crippen molar-refractivity contribution in [3.63, 3.8) is 0 Å². The van der Waals surface area contributed by atoms with Crippen molar-refractivity contribution in [3.05, 3.63) is 59.0 Å². The summed E-state index contributed by atoms with van der Waals surface area (Å²) in [5.41, 5.74) is 5.58. The third-order valence-corrected chi connectivity index (χ3v) is 3.87. The molecule has 108 valence electrons. The van der Waals surface area contributed by atoms with Crippen LogP contribution in [0.15, 0.2) is 42.6 Å². The Morgan fingerprint density at radius 2 is 2.10 bits per heavy atom. The average Bonchev–Trinajstić information content (AvgIpc) is 2.82. The number of pyridine rings is 1. The van der Waals surface area contributed by atoms with Gasteiger partial charge in [0.2, 0.25) is 0 Å². The fourth-order valence-corrected chi connectivity index (χ4v) is 2.77. The van der Waals surface area contributed by atoms with Crippen LogP contribution in [0.1, 0.15) is 17.4 Å². The maximum atomic E-state index is 6.20. The van der Waals surface area contributed by atoms with E-state index in [1.165, 1.54) is 0 Å². The Morgan fingerprint density at radius 1 is 1.29 bits per heavy atom. The topological polar surface area (TPSA) is 68.8 Å². The van der Waals surface area contributed by atoms with E-state index in [4.69, 9.17) is 17.4 Å². The molecule has 0 saturated carbocycles. The fourth-order valence-electron chi connectivity index (χ4n) is 2.52. The summed E-state index contributed by atoms with van der Waals surface area (Å²) in [6, 6.07) is 11.5. The van der Waals surface area contributed by atoms with Crippen LogP contribution in [0.2, 0.25) is 5.02 Å². The Morgan fingerprint density at radius 3 is 2.86 bits per heavy atom. The Kier molecular flexibility index (Phi) is 3.88. The van der Waals surface area contributed by atoms with Crippen molar-refractivity contribution < 1.29 is 0 Å². The van der Waals surface area contributed by atoms with Gasteiger partial charge in [-0.1, -0.05) is 29.8 Å². The van der Waals surface area contributed by atoms with Gasteiger partial charge in [0.1, 0.15) is 0 Å². The number of hydrogen-bond acceptors (Lipinski definition) is 4. The zero-order valence-electron chi connectivity index (χ0n) is 11.6. The molecule has 0 aliphatic rings. The third-order valence-electron chi connectivity index (χ3n) is 3.55. The number of hydrogen-bond donors (Lipinski definition) is 2. The summed E-state index contributed by atoms with van der Waals surface area (Å²) in [6.07, 6.45) is 2.33. The third kappa shape index (κ3) is 2.63. The first-order chi connectivity index (χ1) is 10.2. The summed E-state index contributed by atoms with van der Waals surface area (Å²) >= 11 is 6.20. The van der Waals surface area contributed by atoms with Crippen molar-refractivity contribution in [1.82, 2.24) is 20.2 Å². The molecule has 3 N–H and O–H groups in total. The molecule has 0 radical (unpaired) electrons. The van der Waals surface area contributed by atoms with Crippen LogP contribution in [0.3, 0.4) is 0 Å². The second kappa shape index (κ2) is 5.81. The van der Waals surface area contributed by atoms with Gasteiger partial charge >= 0.3 is 0 Å². The second-order valence-corrected chi connectivity index (χ2v) is 5.29. The number of aromatic nitrogens is 3. The summed E-state index contributed by atoms with van der Waals surface area (Å²) < 4.78 is 1.87. The zero-order chi connectivity index (χ0) is 14.8. The highest BCUT2D eigenvalue weighted by molar-refractivity contribution is 6.31. The van der Waals surface area contributed by atoms with Crippen LogP contribution < -0.4 is 11.3 Å². The van der Waals surface area contributed by atoms with E-state index in [2.05, 4.69) is 21.6 Å². The lowest BCUT2D eigenvalue weighted by Crippen LogP contribution is -2.30. The number of nitrogens with zero attached hydrogens (tertiary/aromatic N) is 3. The molecule has 21 heavy (non-hydrogen) atoms. The van der Waals surface area contributed by atoms with Crippen molar-refractivity contribution in [2.24, 2.45) is 12.9 Å². The predicted octanol–water partition coefficient (Wildman–Crippen LogP) is 2.37. The van der Waals surface area contributed by atoms with Crippen LogP contribution in [0, 0.1) is 0 Å². The molecule has 0 aliphatic heterocycles. The predicted molar refractivity (Wildman–Crippen MR) is 83.7 cm³/mol. The molecule has 0 amide bonds. The highest BCUT2D eigenvalue weighted by Gasteiger charge is 2.18. The molecule has 6 heteroatoms. The molecule has 1 aromatic carbocycles. The highest BCUT2D eigenvalue weighted by Crippen LogP contribution is 2.26. The molecule has 0 aliphatic carbocycles. The minimum absolute atomic E-state index is 0.183. The van der Waals surface area contributed by atoms with E-state index in [0.717, 1.165) is 22.3 Å². The monoisotopic (exact) mass is 301 g/mol. The van der Waals surface area contributed by atoms with Gasteiger partial charge in [0.25, 0.3) is 0 Å². The summed E-state index contributed by atoms with van der Waals surface area (Å²) in [7, 11) is 1.93. The minimum Gasteiger partial charge on any atom is -0.271 e. The van der Waals surface area contributed by atoms with Gasteiger partial charge in [-0.3, -0.25) is 20.9 Å². The van der Waals surface area contributed by atoms with E-state index < -0.39 is 0 Å². The number of benzene rings is 1. The molecule has 0 fully saturated rings. The van der Waals surface area contributed by atoms with Crippen LogP contribution in [0.4, 0.5) is 0 Å². The van der Waals surface area contributed by atoms with Gasteiger partial charge in [-0.05, 0) is 18.2 Å². The average molecular weight is 302 g/mol. The minimum atomic E-state index is -0.183. The molecule has 0 saturated heterocycles. The Balaban J connectivity index is 1.99. The van der Waals surface area contributed by atoms with Crippen molar-refractivity contribution >= 4 is 22.5 Å². The van der Waals surface area contributed by atoms with E-state index in [1.54, 1.807) is 12.3 Å². The van der Waals surface area contributed by atoms with Gasteiger partial charge in [0, 0.05) is 25.1 Å². The molecule has 3 rings (SSSR count). The number of halogens is 1. The lowest BCUT2D eigenvalue weighted by atomic mass is 10.1. The van der Waals surface area contributed by atoms with Crippen LogP contribution >= 0.6 is 11.6 Å². The van der Waals surface area contributed by atoms with Crippen molar-refractivity contribution in [2.75, 3.05) is 0 Å². The van der Waals surface area contributed by atoms with E-state index in [0.29, 0.717) is 11.4 Å². The quantitative estimate of drug-likeness (QED) is 0.573. The molecule has 2 aromatic heterocycles. The van der Waals surface area contributed by atoms with Gasteiger partial charge in [-0.15, -0.1) is 0 Å². The first-order valence-electron chi connectivity index (χ1n) is 6.68. The number of aryl methyl sites for hydroxylation is 1. The van der Waals surface area contributed by atoms with Gasteiger partial charge < -0.3 is 0 Å². The van der Waals surface area contributed by atoms with Crippen LogP contribution in [0.25, 0.3) is 10.9 Å². The Labute approximate surface area is 127 Å². The zero-order valence-corrected chi connectivity index (χ0v) is 12.4. The molecular weight excluding hydrogens is 286 g/mol. The molecule has 0 bridgehead atoms. The molecule has 3 aromatic rings. The maximum Gasteiger partial charge on any atom is 0.0776 e. The molecule has 1 atom stereocenters. The van der Waals surface area contributed by atoms with Crippen LogP contribution in [-0.2, 0) is 13.5 Å². The normalized spacial score (nSPS) is 12.7. The van der Waals surface area contributed by atoms with Crippen molar-refractivity contribution in [2.45, 2.75) is 12.5 Å². The summed E-state index contributed by atoms with van der Waals surface area (Å²) in [5, 5.41) is 6.30. The lowest BCUT2D eigenvalue weighted by molar-refractivity contribution is 0.530. The molecule has 2 heterocycles. The van der Waals surface area contributed by atoms with Crippen LogP contribution in [-0.4, -0.2) is 14.8 Å². The summed E-state index contributed by atoms with van der Waals surface area (Å²) in [4.78, 5) is 4.32. The van der Waals surface area contributed by atoms with Gasteiger partial charge in [-0.2, -0.15) is 5.10 Å². The van der Waals surface area contributed by atoms with E-state index in [1.807, 2.05) is 36.0 Å². The number of para-hydroxylation sites is 1. The van der Waals surface area contributed by atoms with E-state index in [9.17, 15) is 0 Å². The van der Waals surface area contributed by atoms with Crippen molar-refractivity contribution in [1.29, 1.82) is 0 Å².